The molecular weight excluding hydrogens is 275 g/mol. The first kappa shape index (κ1) is 15.9. The monoisotopic (exact) mass is 282 g/mol. The first-order valence-corrected chi connectivity index (χ1v) is 5.58. The Bertz CT molecular complexity index is 611. The van der Waals surface area contributed by atoms with Crippen LogP contribution in [0.2, 0.25) is 5.02 Å². The molecular formula is C14H8ClNaO3. The topological polar surface area (TPSA) is 57.2 Å². The Balaban J connectivity index is 0.00000180. The molecule has 90 valence electrons. The van der Waals surface area contributed by atoms with Crippen LogP contribution in [0.15, 0.2) is 48.5 Å². The second-order valence-corrected chi connectivity index (χ2v) is 4.08. The zero-order valence-corrected chi connectivity index (χ0v) is 13.0. The second-order valence-electron chi connectivity index (χ2n) is 3.68. The van der Waals surface area contributed by atoms with Crippen LogP contribution in [0.25, 0.3) is 0 Å². The molecule has 0 unspecified atom stereocenters. The summed E-state index contributed by atoms with van der Waals surface area (Å²) < 4.78 is 0. The number of carbonyl (C=O) groups excluding carboxylic acids is 2. The Morgan fingerprint density at radius 1 is 0.947 bits per heavy atom. The molecule has 0 saturated heterocycles. The number of ketones is 1. The molecule has 0 bridgehead atoms. The van der Waals surface area contributed by atoms with Crippen LogP contribution < -0.4 is 34.7 Å². The maximum Gasteiger partial charge on any atom is 1.00 e. The van der Waals surface area contributed by atoms with Gasteiger partial charge >= 0.3 is 29.6 Å². The van der Waals surface area contributed by atoms with E-state index < -0.39 is 5.97 Å². The van der Waals surface area contributed by atoms with Crippen molar-refractivity contribution in [2.24, 2.45) is 0 Å². The molecule has 0 amide bonds. The summed E-state index contributed by atoms with van der Waals surface area (Å²) in [5.41, 5.74) is 0.720. The second kappa shape index (κ2) is 6.87. The van der Waals surface area contributed by atoms with Crippen molar-refractivity contribution in [1.29, 1.82) is 0 Å². The molecule has 0 heterocycles. The predicted molar refractivity (Wildman–Crippen MR) is 65.7 cm³/mol. The van der Waals surface area contributed by atoms with E-state index in [0.29, 0.717) is 5.56 Å². The minimum Gasteiger partial charge on any atom is -0.545 e. The number of hydrogen-bond donors (Lipinski definition) is 0. The van der Waals surface area contributed by atoms with Gasteiger partial charge in [-0.15, -0.1) is 0 Å². The molecule has 2 aromatic carbocycles. The van der Waals surface area contributed by atoms with Gasteiger partial charge in [-0.2, -0.15) is 0 Å². The Morgan fingerprint density at radius 2 is 1.58 bits per heavy atom. The van der Waals surface area contributed by atoms with E-state index in [-0.39, 0.29) is 51.5 Å². The SMILES string of the molecule is O=C([O-])c1ccc(C(=O)c2ccccc2)c(Cl)c1.[Na+]. The molecule has 0 aliphatic heterocycles. The summed E-state index contributed by atoms with van der Waals surface area (Å²) in [5, 5.41) is 10.8. The van der Waals surface area contributed by atoms with Gasteiger partial charge in [-0.1, -0.05) is 48.0 Å². The number of carbonyl (C=O) groups is 2. The molecule has 5 heteroatoms. The van der Waals surface area contributed by atoms with E-state index in [0.717, 1.165) is 0 Å². The van der Waals surface area contributed by atoms with Crippen LogP contribution in [0, 0.1) is 0 Å². The van der Waals surface area contributed by atoms with E-state index in [2.05, 4.69) is 0 Å². The Kier molecular flexibility index (Phi) is 5.76. The van der Waals surface area contributed by atoms with Crippen molar-refractivity contribution in [2.45, 2.75) is 0 Å². The Morgan fingerprint density at radius 3 is 2.11 bits per heavy atom. The molecule has 0 radical (unpaired) electrons. The fourth-order valence-electron chi connectivity index (χ4n) is 1.57. The van der Waals surface area contributed by atoms with Gasteiger partial charge in [0.05, 0.1) is 11.0 Å². The van der Waals surface area contributed by atoms with Crippen molar-refractivity contribution in [1.82, 2.24) is 0 Å². The van der Waals surface area contributed by atoms with Gasteiger partial charge < -0.3 is 9.90 Å². The van der Waals surface area contributed by atoms with Gasteiger partial charge in [0.15, 0.2) is 5.78 Å². The van der Waals surface area contributed by atoms with Crippen molar-refractivity contribution < 1.29 is 44.3 Å². The van der Waals surface area contributed by atoms with Gasteiger partial charge in [-0.05, 0) is 17.7 Å². The largest absolute Gasteiger partial charge is 1.00 e. The molecule has 0 N–H and O–H groups in total. The third-order valence-corrected chi connectivity index (χ3v) is 2.80. The van der Waals surface area contributed by atoms with Crippen molar-refractivity contribution in [3.8, 4) is 0 Å². The van der Waals surface area contributed by atoms with Gasteiger partial charge in [0.2, 0.25) is 0 Å². The van der Waals surface area contributed by atoms with Crippen molar-refractivity contribution >= 4 is 23.4 Å². The van der Waals surface area contributed by atoms with Crippen LogP contribution >= 0.6 is 11.6 Å². The van der Waals surface area contributed by atoms with Gasteiger partial charge in [-0.25, -0.2) is 0 Å². The molecule has 0 aliphatic carbocycles. The van der Waals surface area contributed by atoms with Gasteiger partial charge in [-0.3, -0.25) is 4.79 Å². The van der Waals surface area contributed by atoms with Crippen LogP contribution in [-0.4, -0.2) is 11.8 Å². The third-order valence-electron chi connectivity index (χ3n) is 2.49. The van der Waals surface area contributed by atoms with Gasteiger partial charge in [0.1, 0.15) is 0 Å². The zero-order chi connectivity index (χ0) is 13.1. The molecule has 19 heavy (non-hydrogen) atoms. The number of aromatic carboxylic acids is 1. The molecule has 0 aliphatic rings. The molecule has 0 atom stereocenters. The first-order chi connectivity index (χ1) is 8.59. The number of rotatable bonds is 3. The summed E-state index contributed by atoms with van der Waals surface area (Å²) in [6.07, 6.45) is 0. The van der Waals surface area contributed by atoms with Crippen molar-refractivity contribution in [2.75, 3.05) is 0 Å². The van der Waals surface area contributed by atoms with Crippen molar-refractivity contribution in [3.63, 3.8) is 0 Å². The predicted octanol–water partition coefficient (Wildman–Crippen LogP) is -1.06. The number of hydrogen-bond acceptors (Lipinski definition) is 3. The number of carboxylic acids is 1. The van der Waals surface area contributed by atoms with Crippen LogP contribution in [0.1, 0.15) is 26.3 Å². The van der Waals surface area contributed by atoms with E-state index in [4.69, 9.17) is 11.6 Å². The summed E-state index contributed by atoms with van der Waals surface area (Å²) in [6.45, 7) is 0. The smallest absolute Gasteiger partial charge is 0.545 e. The molecule has 0 fully saturated rings. The summed E-state index contributed by atoms with van der Waals surface area (Å²) >= 11 is 5.91. The molecule has 3 nitrogen and oxygen atoms in total. The van der Waals surface area contributed by atoms with Crippen LogP contribution in [-0.2, 0) is 0 Å². The fourth-order valence-corrected chi connectivity index (χ4v) is 1.84. The summed E-state index contributed by atoms with van der Waals surface area (Å²) in [4.78, 5) is 22.8. The van der Waals surface area contributed by atoms with E-state index in [1.807, 2.05) is 0 Å². The van der Waals surface area contributed by atoms with E-state index in [1.54, 1.807) is 30.3 Å². The average molecular weight is 283 g/mol. The number of benzene rings is 2. The third kappa shape index (κ3) is 3.67. The standard InChI is InChI=1S/C14H9ClO3.Na/c15-12-8-10(14(17)18)6-7-11(12)13(16)9-4-2-1-3-5-9;/h1-8H,(H,17,18);/q;+1/p-1. The fraction of sp³-hybridized carbons (Fsp3) is 0. The Labute approximate surface area is 137 Å². The van der Waals surface area contributed by atoms with Crippen LogP contribution in [0.4, 0.5) is 0 Å². The number of halogens is 1. The molecule has 0 saturated carbocycles. The molecule has 2 aromatic rings. The maximum atomic E-state index is 12.1. The Hall–Kier alpha value is -1.13. The van der Waals surface area contributed by atoms with E-state index in [1.165, 1.54) is 18.2 Å². The quantitative estimate of drug-likeness (QED) is 0.533. The van der Waals surface area contributed by atoms with Gasteiger partial charge in [0.25, 0.3) is 0 Å². The van der Waals surface area contributed by atoms with E-state index in [9.17, 15) is 14.7 Å². The van der Waals surface area contributed by atoms with Crippen LogP contribution in [0.3, 0.4) is 0 Å². The molecule has 0 spiro atoms. The van der Waals surface area contributed by atoms with Crippen molar-refractivity contribution in [3.05, 3.63) is 70.2 Å². The van der Waals surface area contributed by atoms with Gasteiger partial charge in [0, 0.05) is 11.1 Å². The zero-order valence-electron chi connectivity index (χ0n) is 10.2. The number of carboxylic acid groups (broad SMARTS) is 1. The summed E-state index contributed by atoms with van der Waals surface area (Å²) in [7, 11) is 0. The maximum absolute atomic E-state index is 12.1. The average Bonchev–Trinajstić information content (AvgIpc) is 2.38. The first-order valence-electron chi connectivity index (χ1n) is 5.20. The normalized spacial score (nSPS) is 9.53. The molecule has 0 aromatic heterocycles. The summed E-state index contributed by atoms with van der Waals surface area (Å²) in [5.74, 6) is -1.57. The molecule has 2 rings (SSSR count). The minimum absolute atomic E-state index is 0. The van der Waals surface area contributed by atoms with Crippen LogP contribution in [0.5, 0.6) is 0 Å². The summed E-state index contributed by atoms with van der Waals surface area (Å²) in [6, 6.07) is 12.6. The van der Waals surface area contributed by atoms with E-state index >= 15 is 0 Å². The minimum atomic E-state index is -1.32.